The largest absolute Gasteiger partial charge is 0.325 e. The Morgan fingerprint density at radius 1 is 1.17 bits per heavy atom. The van der Waals surface area contributed by atoms with Gasteiger partial charge < -0.3 is 10.6 Å². The van der Waals surface area contributed by atoms with E-state index < -0.39 is 0 Å². The van der Waals surface area contributed by atoms with E-state index in [2.05, 4.69) is 40.7 Å². The molecular weight excluding hydrogens is 298 g/mol. The number of anilines is 1. The van der Waals surface area contributed by atoms with E-state index in [-0.39, 0.29) is 5.91 Å². The number of piperazine rings is 1. The number of hydrogen-bond donors (Lipinski definition) is 2. The highest BCUT2D eigenvalue weighted by Crippen LogP contribution is 2.19. The number of carbonyl (C=O) groups is 1. The van der Waals surface area contributed by atoms with Gasteiger partial charge in [-0.25, -0.2) is 0 Å². The molecule has 0 saturated carbocycles. The molecule has 3 rings (SSSR count). The molecule has 2 N–H and O–H groups in total. The molecule has 1 aliphatic heterocycles. The highest BCUT2D eigenvalue weighted by atomic mass is 16.2. The third-order valence-electron chi connectivity index (χ3n) is 4.51. The van der Waals surface area contributed by atoms with Gasteiger partial charge in [0, 0.05) is 31.4 Å². The first-order valence-electron chi connectivity index (χ1n) is 8.59. The molecule has 0 bridgehead atoms. The zero-order chi connectivity index (χ0) is 16.8. The molecule has 4 heteroatoms. The van der Waals surface area contributed by atoms with Crippen molar-refractivity contribution >= 4 is 11.6 Å². The maximum absolute atomic E-state index is 12.5. The van der Waals surface area contributed by atoms with Gasteiger partial charge in [-0.05, 0) is 30.5 Å². The zero-order valence-electron chi connectivity index (χ0n) is 14.2. The summed E-state index contributed by atoms with van der Waals surface area (Å²) in [5, 5.41) is 6.45. The molecule has 0 spiro atoms. The first-order chi connectivity index (χ1) is 11.7. The molecule has 1 heterocycles. The maximum Gasteiger partial charge on any atom is 0.238 e. The van der Waals surface area contributed by atoms with E-state index in [4.69, 9.17) is 0 Å². The van der Waals surface area contributed by atoms with Crippen LogP contribution in [-0.4, -0.2) is 43.0 Å². The van der Waals surface area contributed by atoms with Crippen molar-refractivity contribution in [1.29, 1.82) is 0 Å². The van der Waals surface area contributed by atoms with Crippen LogP contribution in [-0.2, 0) is 11.2 Å². The Labute approximate surface area is 143 Å². The fourth-order valence-electron chi connectivity index (χ4n) is 3.10. The lowest BCUT2D eigenvalue weighted by Crippen LogP contribution is -2.52. The van der Waals surface area contributed by atoms with Gasteiger partial charge >= 0.3 is 0 Å². The zero-order valence-corrected chi connectivity index (χ0v) is 14.2. The highest BCUT2D eigenvalue weighted by Gasteiger charge is 2.20. The first kappa shape index (κ1) is 16.7. The van der Waals surface area contributed by atoms with Gasteiger partial charge in [0.1, 0.15) is 0 Å². The Hall–Kier alpha value is -2.17. The molecule has 0 unspecified atom stereocenters. The molecule has 1 aliphatic rings. The predicted octanol–water partition coefficient (Wildman–Crippen LogP) is 2.51. The van der Waals surface area contributed by atoms with Crippen LogP contribution in [0.3, 0.4) is 0 Å². The molecule has 24 heavy (non-hydrogen) atoms. The fourth-order valence-corrected chi connectivity index (χ4v) is 3.10. The van der Waals surface area contributed by atoms with Gasteiger partial charge in [0.15, 0.2) is 0 Å². The summed E-state index contributed by atoms with van der Waals surface area (Å²) in [5.74, 6) is 0.0595. The third kappa shape index (κ3) is 4.43. The standard InChI is InChI=1S/C20H25N3O/c1-16-14-21-11-12-23(16)15-20(24)22-19-10-6-5-9-18(19)13-17-7-3-2-4-8-17/h2-10,16,21H,11-15H2,1H3,(H,22,24)/t16-/m0/s1. The quantitative estimate of drug-likeness (QED) is 0.889. The van der Waals surface area contributed by atoms with Crippen LogP contribution in [0.5, 0.6) is 0 Å². The molecule has 126 valence electrons. The lowest BCUT2D eigenvalue weighted by molar-refractivity contribution is -0.118. The van der Waals surface area contributed by atoms with Gasteiger partial charge in [0.2, 0.25) is 5.91 Å². The molecular formula is C20H25N3O. The van der Waals surface area contributed by atoms with E-state index in [0.29, 0.717) is 12.6 Å². The van der Waals surface area contributed by atoms with Crippen LogP contribution in [0.2, 0.25) is 0 Å². The summed E-state index contributed by atoms with van der Waals surface area (Å²) in [4.78, 5) is 14.7. The van der Waals surface area contributed by atoms with Crippen molar-refractivity contribution in [1.82, 2.24) is 10.2 Å². The van der Waals surface area contributed by atoms with Crippen LogP contribution in [0.1, 0.15) is 18.1 Å². The van der Waals surface area contributed by atoms with Gasteiger partial charge in [-0.3, -0.25) is 9.69 Å². The Morgan fingerprint density at radius 3 is 2.71 bits per heavy atom. The van der Waals surface area contributed by atoms with E-state index in [1.54, 1.807) is 0 Å². The Balaban J connectivity index is 1.65. The molecule has 4 nitrogen and oxygen atoms in total. The van der Waals surface area contributed by atoms with Crippen LogP contribution >= 0.6 is 0 Å². The van der Waals surface area contributed by atoms with Crippen LogP contribution in [0.15, 0.2) is 54.6 Å². The van der Waals surface area contributed by atoms with Crippen LogP contribution in [0.25, 0.3) is 0 Å². The molecule has 2 aromatic carbocycles. The average molecular weight is 323 g/mol. The van der Waals surface area contributed by atoms with Gasteiger partial charge in [-0.15, -0.1) is 0 Å². The predicted molar refractivity (Wildman–Crippen MR) is 98.2 cm³/mol. The van der Waals surface area contributed by atoms with E-state index in [9.17, 15) is 4.79 Å². The van der Waals surface area contributed by atoms with E-state index in [0.717, 1.165) is 37.3 Å². The number of hydrogen-bond acceptors (Lipinski definition) is 3. The van der Waals surface area contributed by atoms with Crippen molar-refractivity contribution in [2.45, 2.75) is 19.4 Å². The van der Waals surface area contributed by atoms with Gasteiger partial charge in [-0.1, -0.05) is 48.5 Å². The summed E-state index contributed by atoms with van der Waals surface area (Å²) in [6.45, 7) is 5.41. The fraction of sp³-hybridized carbons (Fsp3) is 0.350. The monoisotopic (exact) mass is 323 g/mol. The average Bonchev–Trinajstić information content (AvgIpc) is 2.60. The summed E-state index contributed by atoms with van der Waals surface area (Å²) in [7, 11) is 0. The Bertz CT molecular complexity index is 672. The second-order valence-corrected chi connectivity index (χ2v) is 6.39. The third-order valence-corrected chi connectivity index (χ3v) is 4.51. The second kappa shape index (κ2) is 8.08. The smallest absolute Gasteiger partial charge is 0.238 e. The SMILES string of the molecule is C[C@H]1CNCCN1CC(=O)Nc1ccccc1Cc1ccccc1. The number of benzene rings is 2. The van der Waals surface area contributed by atoms with Crippen molar-refractivity contribution in [2.75, 3.05) is 31.5 Å². The van der Waals surface area contributed by atoms with Crippen molar-refractivity contribution in [2.24, 2.45) is 0 Å². The van der Waals surface area contributed by atoms with Gasteiger partial charge in [0.05, 0.1) is 6.54 Å². The number of rotatable bonds is 5. The minimum atomic E-state index is 0.0595. The van der Waals surface area contributed by atoms with Gasteiger partial charge in [0.25, 0.3) is 0 Å². The minimum Gasteiger partial charge on any atom is -0.325 e. The van der Waals surface area contributed by atoms with Crippen LogP contribution in [0, 0.1) is 0 Å². The Morgan fingerprint density at radius 2 is 1.92 bits per heavy atom. The van der Waals surface area contributed by atoms with Gasteiger partial charge in [-0.2, -0.15) is 0 Å². The summed E-state index contributed by atoms with van der Waals surface area (Å²) in [6, 6.07) is 18.8. The molecule has 0 radical (unpaired) electrons. The molecule has 1 saturated heterocycles. The van der Waals surface area contributed by atoms with Crippen LogP contribution in [0.4, 0.5) is 5.69 Å². The van der Waals surface area contributed by atoms with E-state index in [1.165, 1.54) is 5.56 Å². The summed E-state index contributed by atoms with van der Waals surface area (Å²) in [6.07, 6.45) is 0.821. The number of nitrogens with zero attached hydrogens (tertiary/aromatic N) is 1. The molecule has 1 amide bonds. The normalized spacial score (nSPS) is 18.3. The molecule has 1 fully saturated rings. The van der Waals surface area contributed by atoms with Crippen molar-refractivity contribution in [3.63, 3.8) is 0 Å². The number of para-hydroxylation sites is 1. The lowest BCUT2D eigenvalue weighted by atomic mass is 10.0. The number of nitrogens with one attached hydrogen (secondary N) is 2. The van der Waals surface area contributed by atoms with Crippen molar-refractivity contribution in [3.8, 4) is 0 Å². The molecule has 0 aliphatic carbocycles. The van der Waals surface area contributed by atoms with Crippen molar-refractivity contribution < 1.29 is 4.79 Å². The van der Waals surface area contributed by atoms with Crippen LogP contribution < -0.4 is 10.6 Å². The minimum absolute atomic E-state index is 0.0595. The number of amides is 1. The molecule has 0 aromatic heterocycles. The molecule has 1 atom stereocenters. The Kier molecular flexibility index (Phi) is 5.62. The summed E-state index contributed by atoms with van der Waals surface area (Å²) >= 11 is 0. The second-order valence-electron chi connectivity index (χ2n) is 6.39. The van der Waals surface area contributed by atoms with E-state index >= 15 is 0 Å². The summed E-state index contributed by atoms with van der Waals surface area (Å²) in [5.41, 5.74) is 3.30. The molecule has 2 aromatic rings. The number of carbonyl (C=O) groups excluding carboxylic acids is 1. The maximum atomic E-state index is 12.5. The first-order valence-corrected chi connectivity index (χ1v) is 8.59. The van der Waals surface area contributed by atoms with Crippen molar-refractivity contribution in [3.05, 3.63) is 65.7 Å². The highest BCUT2D eigenvalue weighted by molar-refractivity contribution is 5.93. The van der Waals surface area contributed by atoms with E-state index in [1.807, 2.05) is 36.4 Å². The topological polar surface area (TPSA) is 44.4 Å². The summed E-state index contributed by atoms with van der Waals surface area (Å²) < 4.78 is 0. The lowest BCUT2D eigenvalue weighted by Gasteiger charge is -2.33.